The van der Waals surface area contributed by atoms with E-state index >= 15 is 0 Å². The van der Waals surface area contributed by atoms with Gasteiger partial charge in [-0.2, -0.15) is 0 Å². The zero-order chi connectivity index (χ0) is 19.8. The van der Waals surface area contributed by atoms with Crippen molar-refractivity contribution in [1.82, 2.24) is 4.98 Å². The third-order valence-electron chi connectivity index (χ3n) is 4.13. The van der Waals surface area contributed by atoms with Crippen molar-refractivity contribution in [3.63, 3.8) is 0 Å². The van der Waals surface area contributed by atoms with Gasteiger partial charge < -0.3 is 15.8 Å². The molecule has 0 aliphatic rings. The molecule has 2 aromatic rings. The number of aromatic nitrogens is 1. The summed E-state index contributed by atoms with van der Waals surface area (Å²) in [7, 11) is 0. The number of benzene rings is 1. The molecule has 0 spiro atoms. The fourth-order valence-electron chi connectivity index (χ4n) is 2.48. The monoisotopic (exact) mass is 371 g/mol. The summed E-state index contributed by atoms with van der Waals surface area (Å²) in [4.78, 5) is 16.6. The van der Waals surface area contributed by atoms with E-state index in [1.54, 1.807) is 18.2 Å². The number of unbranched alkanes of at least 4 members (excludes halogenated alkanes) is 1. The molecule has 144 valence electrons. The quantitative estimate of drug-likeness (QED) is 0.516. The number of nitrogens with one attached hydrogen (secondary N) is 1. The Labute approximate surface area is 159 Å². The number of nitrogens with zero attached hydrogens (tertiary/aromatic N) is 1. The van der Waals surface area contributed by atoms with Crippen molar-refractivity contribution >= 4 is 17.4 Å². The smallest absolute Gasteiger partial charge is 0.259 e. The lowest BCUT2D eigenvalue weighted by atomic mass is 10.1. The molecule has 5 nitrogen and oxygen atoms in total. The van der Waals surface area contributed by atoms with Gasteiger partial charge in [0.05, 0.1) is 17.9 Å². The van der Waals surface area contributed by atoms with Crippen LogP contribution in [0.3, 0.4) is 0 Å². The van der Waals surface area contributed by atoms with Crippen molar-refractivity contribution in [2.24, 2.45) is 0 Å². The number of allylic oxidation sites excluding steroid dienone is 2. The van der Waals surface area contributed by atoms with Crippen LogP contribution in [0.25, 0.3) is 0 Å². The number of hydrogen-bond acceptors (Lipinski definition) is 4. The summed E-state index contributed by atoms with van der Waals surface area (Å²) in [6.45, 7) is 6.12. The molecule has 0 unspecified atom stereocenters. The lowest BCUT2D eigenvalue weighted by Gasteiger charge is -2.12. The van der Waals surface area contributed by atoms with Gasteiger partial charge in [0.1, 0.15) is 5.82 Å². The van der Waals surface area contributed by atoms with Crippen molar-refractivity contribution in [3.8, 4) is 5.75 Å². The second kappa shape index (κ2) is 9.71. The number of nitrogen functional groups attached to an aromatic ring is 1. The highest BCUT2D eigenvalue weighted by molar-refractivity contribution is 6.07. The number of nitrogens with two attached hydrogens (primary N) is 1. The highest BCUT2D eigenvalue weighted by atomic mass is 19.1. The van der Waals surface area contributed by atoms with E-state index in [-0.39, 0.29) is 22.8 Å². The van der Waals surface area contributed by atoms with Crippen LogP contribution in [0.1, 0.15) is 47.8 Å². The summed E-state index contributed by atoms with van der Waals surface area (Å²) in [6.07, 6.45) is 6.84. The Balaban J connectivity index is 2.06. The summed E-state index contributed by atoms with van der Waals surface area (Å²) in [5.41, 5.74) is 7.68. The number of aryl methyl sites for hydroxylation is 2. The molecule has 6 heteroatoms. The molecule has 0 aliphatic heterocycles. The number of hydrogen-bond donors (Lipinski definition) is 2. The average Bonchev–Trinajstić information content (AvgIpc) is 2.63. The maximum Gasteiger partial charge on any atom is 0.259 e. The Hall–Kier alpha value is -2.89. The second-order valence-electron chi connectivity index (χ2n) is 6.27. The van der Waals surface area contributed by atoms with E-state index in [4.69, 9.17) is 10.5 Å². The zero-order valence-electron chi connectivity index (χ0n) is 16.0. The van der Waals surface area contributed by atoms with Crippen LogP contribution >= 0.6 is 0 Å². The summed E-state index contributed by atoms with van der Waals surface area (Å²) in [5.74, 6) is -0.892. The van der Waals surface area contributed by atoms with Crippen molar-refractivity contribution in [3.05, 3.63) is 59.1 Å². The van der Waals surface area contributed by atoms with Crippen LogP contribution < -0.4 is 15.8 Å². The van der Waals surface area contributed by atoms with E-state index < -0.39 is 11.7 Å². The van der Waals surface area contributed by atoms with Crippen molar-refractivity contribution < 1.29 is 13.9 Å². The molecule has 1 amide bonds. The molecule has 3 N–H and O–H groups in total. The predicted octanol–water partition coefficient (Wildman–Crippen LogP) is 4.80. The third-order valence-corrected chi connectivity index (χ3v) is 4.13. The van der Waals surface area contributed by atoms with Gasteiger partial charge in [0.25, 0.3) is 5.91 Å². The minimum Gasteiger partial charge on any atom is -0.490 e. The first-order valence-electron chi connectivity index (χ1n) is 9.05. The molecular formula is C21H26FN3O2. The lowest BCUT2D eigenvalue weighted by Crippen LogP contribution is -2.17. The first-order chi connectivity index (χ1) is 12.9. The fraction of sp³-hybridized carbons (Fsp3) is 0.333. The first kappa shape index (κ1) is 20.4. The minimum atomic E-state index is -0.606. The second-order valence-corrected chi connectivity index (χ2v) is 6.27. The molecule has 0 atom stereocenters. The van der Waals surface area contributed by atoms with Gasteiger partial charge in [-0.1, -0.05) is 25.1 Å². The number of pyridine rings is 1. The van der Waals surface area contributed by atoms with Gasteiger partial charge in [-0.05, 0) is 56.9 Å². The summed E-state index contributed by atoms with van der Waals surface area (Å²) >= 11 is 0. The summed E-state index contributed by atoms with van der Waals surface area (Å²) < 4.78 is 20.1. The van der Waals surface area contributed by atoms with Crippen LogP contribution in [0.2, 0.25) is 0 Å². The number of carbonyl (C=O) groups excluding carboxylic acids is 1. The van der Waals surface area contributed by atoms with Crippen molar-refractivity contribution in [2.45, 2.75) is 40.0 Å². The standard InChI is InChI=1S/C21H26FN3O2/c1-4-5-6-7-8-12-27-18-11-9-10-17(19(18)22)25-21(26)16-13-14(2)15(3)24-20(16)23/h5-6,9-11,13H,4,7-8,12H2,1-3H3,(H2,23,24)(H,25,26). The van der Waals surface area contributed by atoms with E-state index in [0.29, 0.717) is 6.61 Å². The van der Waals surface area contributed by atoms with E-state index in [1.807, 2.05) is 13.8 Å². The molecule has 0 fully saturated rings. The SMILES string of the molecule is CCC=CCCCOc1cccc(NC(=O)c2cc(C)c(C)nc2N)c1F. The number of rotatable bonds is 8. The molecule has 1 aromatic heterocycles. The number of ether oxygens (including phenoxy) is 1. The molecule has 0 radical (unpaired) electrons. The first-order valence-corrected chi connectivity index (χ1v) is 9.05. The highest BCUT2D eigenvalue weighted by Crippen LogP contribution is 2.26. The molecule has 0 aliphatic carbocycles. The number of anilines is 2. The lowest BCUT2D eigenvalue weighted by molar-refractivity contribution is 0.102. The Bertz CT molecular complexity index is 834. The molecule has 1 heterocycles. The minimum absolute atomic E-state index is 0.0426. The third kappa shape index (κ3) is 5.54. The summed E-state index contributed by atoms with van der Waals surface area (Å²) in [5, 5.41) is 2.55. The van der Waals surface area contributed by atoms with E-state index in [2.05, 4.69) is 29.4 Å². The Morgan fingerprint density at radius 2 is 2.11 bits per heavy atom. The topological polar surface area (TPSA) is 77.2 Å². The van der Waals surface area contributed by atoms with Gasteiger partial charge >= 0.3 is 0 Å². The Morgan fingerprint density at radius 1 is 1.33 bits per heavy atom. The van der Waals surface area contributed by atoms with Gasteiger partial charge in [-0.3, -0.25) is 4.79 Å². The largest absolute Gasteiger partial charge is 0.490 e. The number of carbonyl (C=O) groups is 1. The Morgan fingerprint density at radius 3 is 2.85 bits per heavy atom. The van der Waals surface area contributed by atoms with Crippen LogP contribution in [-0.4, -0.2) is 17.5 Å². The number of amides is 1. The van der Waals surface area contributed by atoms with Crippen molar-refractivity contribution in [2.75, 3.05) is 17.7 Å². The van der Waals surface area contributed by atoms with Gasteiger partial charge in [-0.15, -0.1) is 0 Å². The molecule has 0 saturated heterocycles. The Kier molecular flexibility index (Phi) is 7.34. The number of halogens is 1. The molecule has 0 saturated carbocycles. The van der Waals surface area contributed by atoms with Gasteiger partial charge in [-0.25, -0.2) is 9.37 Å². The van der Waals surface area contributed by atoms with Gasteiger partial charge in [0.2, 0.25) is 0 Å². The predicted molar refractivity (Wildman–Crippen MR) is 107 cm³/mol. The fourth-order valence-corrected chi connectivity index (χ4v) is 2.48. The van der Waals surface area contributed by atoms with Crippen LogP contribution in [0, 0.1) is 19.7 Å². The van der Waals surface area contributed by atoms with E-state index in [1.165, 1.54) is 6.07 Å². The zero-order valence-corrected chi connectivity index (χ0v) is 16.0. The van der Waals surface area contributed by atoms with Crippen LogP contribution in [0.5, 0.6) is 5.75 Å². The molecule has 1 aromatic carbocycles. The van der Waals surface area contributed by atoms with Gasteiger partial charge in [0.15, 0.2) is 11.6 Å². The maximum absolute atomic E-state index is 14.6. The van der Waals surface area contributed by atoms with Crippen molar-refractivity contribution in [1.29, 1.82) is 0 Å². The average molecular weight is 371 g/mol. The molecule has 2 rings (SSSR count). The molecular weight excluding hydrogens is 345 g/mol. The van der Waals surface area contributed by atoms with E-state index in [9.17, 15) is 9.18 Å². The van der Waals surface area contributed by atoms with Crippen LogP contribution in [0.15, 0.2) is 36.4 Å². The normalized spacial score (nSPS) is 11.0. The maximum atomic E-state index is 14.6. The summed E-state index contributed by atoms with van der Waals surface area (Å²) in [6, 6.07) is 6.30. The molecule has 0 bridgehead atoms. The van der Waals surface area contributed by atoms with Crippen LogP contribution in [0.4, 0.5) is 15.9 Å². The van der Waals surface area contributed by atoms with Crippen LogP contribution in [-0.2, 0) is 0 Å². The molecule has 27 heavy (non-hydrogen) atoms. The highest BCUT2D eigenvalue weighted by Gasteiger charge is 2.16. The van der Waals surface area contributed by atoms with E-state index in [0.717, 1.165) is 30.5 Å². The van der Waals surface area contributed by atoms with Gasteiger partial charge in [0, 0.05) is 5.69 Å².